The maximum atomic E-state index is 13.1. The molecule has 16 nitrogen and oxygen atoms in total. The van der Waals surface area contributed by atoms with Gasteiger partial charge in [-0.3, -0.25) is 34.0 Å². The molecule has 0 saturated heterocycles. The third kappa shape index (κ3) is 9.98. The highest BCUT2D eigenvalue weighted by molar-refractivity contribution is 6.18. The molecule has 3 aromatic heterocycles. The molecule has 262 valence electrons. The van der Waals surface area contributed by atoms with Crippen LogP contribution in [0.25, 0.3) is 0 Å². The van der Waals surface area contributed by atoms with Crippen LogP contribution in [-0.4, -0.2) is 85.0 Å². The molecular formula is C30H37Cl3N12O4. The van der Waals surface area contributed by atoms with Crippen molar-refractivity contribution >= 4 is 88.1 Å². The van der Waals surface area contributed by atoms with E-state index in [1.54, 1.807) is 37.0 Å². The first-order valence-corrected chi connectivity index (χ1v) is 15.7. The number of aryl methyl sites for hydroxylation is 3. The molecule has 0 spiro atoms. The number of nitrogens with zero attached hydrogens (tertiary/aromatic N) is 6. The van der Waals surface area contributed by atoms with E-state index in [4.69, 9.17) is 34.3 Å². The number of anilines is 4. The fourth-order valence-corrected chi connectivity index (χ4v) is 5.11. The van der Waals surface area contributed by atoms with Gasteiger partial charge in [-0.15, -0.1) is 35.6 Å². The maximum absolute atomic E-state index is 13.1. The number of amides is 4. The summed E-state index contributed by atoms with van der Waals surface area (Å²) in [6, 6.07) is 11.4. The van der Waals surface area contributed by atoms with Gasteiger partial charge in [0.25, 0.3) is 23.6 Å². The van der Waals surface area contributed by atoms with Crippen LogP contribution in [0, 0.1) is 5.41 Å². The van der Waals surface area contributed by atoms with E-state index in [1.165, 1.54) is 34.6 Å². The Morgan fingerprint density at radius 3 is 1.86 bits per heavy atom. The van der Waals surface area contributed by atoms with Crippen LogP contribution < -0.4 is 31.9 Å². The molecule has 4 rings (SSSR count). The van der Waals surface area contributed by atoms with Gasteiger partial charge in [0.1, 0.15) is 17.1 Å². The van der Waals surface area contributed by atoms with Crippen LogP contribution in [0.5, 0.6) is 0 Å². The fraction of sp³-hybridized carbons (Fsp3) is 0.300. The molecule has 4 amide bonds. The Bertz CT molecular complexity index is 1810. The van der Waals surface area contributed by atoms with Gasteiger partial charge in [0.15, 0.2) is 11.6 Å². The van der Waals surface area contributed by atoms with Crippen LogP contribution >= 0.6 is 35.6 Å². The minimum atomic E-state index is -0.574. The number of nitrogens with two attached hydrogens (primary N) is 1. The zero-order chi connectivity index (χ0) is 35.0. The number of hydrogen-bond donors (Lipinski definition) is 6. The minimum absolute atomic E-state index is 0. The Balaban J connectivity index is 0.00000650. The van der Waals surface area contributed by atoms with Crippen LogP contribution in [0.4, 0.5) is 23.0 Å². The molecule has 4 aromatic rings. The normalized spacial score (nSPS) is 10.6. The molecule has 0 atom stereocenters. The minimum Gasteiger partial charge on any atom is -0.388 e. The van der Waals surface area contributed by atoms with Gasteiger partial charge in [-0.05, 0) is 30.3 Å². The summed E-state index contributed by atoms with van der Waals surface area (Å²) < 4.78 is 4.15. The van der Waals surface area contributed by atoms with E-state index in [0.29, 0.717) is 36.1 Å². The van der Waals surface area contributed by atoms with E-state index in [-0.39, 0.29) is 65.8 Å². The third-order valence-electron chi connectivity index (χ3n) is 7.09. The molecule has 49 heavy (non-hydrogen) atoms. The Labute approximate surface area is 298 Å². The first kappa shape index (κ1) is 38.4. The van der Waals surface area contributed by atoms with Crippen LogP contribution in [0.1, 0.15) is 48.2 Å². The molecule has 0 aliphatic heterocycles. The third-order valence-corrected chi connectivity index (χ3v) is 7.43. The highest BCUT2D eigenvalue weighted by Crippen LogP contribution is 2.20. The summed E-state index contributed by atoms with van der Waals surface area (Å²) in [6.07, 6.45) is 1.81. The van der Waals surface area contributed by atoms with Crippen LogP contribution in [0.15, 0.2) is 48.7 Å². The van der Waals surface area contributed by atoms with Crippen molar-refractivity contribution < 1.29 is 19.2 Å². The van der Waals surface area contributed by atoms with Crippen LogP contribution in [0.2, 0.25) is 0 Å². The van der Waals surface area contributed by atoms with E-state index in [2.05, 4.69) is 31.5 Å². The number of nitrogens with one attached hydrogen (secondary N) is 5. The zero-order valence-electron chi connectivity index (χ0n) is 26.9. The molecule has 0 radical (unpaired) electrons. The van der Waals surface area contributed by atoms with E-state index in [9.17, 15) is 19.2 Å². The lowest BCUT2D eigenvalue weighted by Crippen LogP contribution is -2.29. The monoisotopic (exact) mass is 734 g/mol. The summed E-state index contributed by atoms with van der Waals surface area (Å²) >= 11 is 11.8. The molecule has 7 N–H and O–H groups in total. The van der Waals surface area contributed by atoms with E-state index in [0.717, 1.165) is 5.69 Å². The fourth-order valence-electron chi connectivity index (χ4n) is 4.70. The quantitative estimate of drug-likeness (QED) is 0.0606. The molecule has 0 fully saturated rings. The van der Waals surface area contributed by atoms with Gasteiger partial charge in [0.05, 0.1) is 11.5 Å². The summed E-state index contributed by atoms with van der Waals surface area (Å²) in [5, 5.41) is 26.3. The summed E-state index contributed by atoms with van der Waals surface area (Å²) in [5.41, 5.74) is 7.59. The number of amidine groups is 1. The number of carbonyl (C=O) groups excluding carboxylic acids is 4. The van der Waals surface area contributed by atoms with Crippen molar-refractivity contribution in [1.29, 1.82) is 5.41 Å². The second-order valence-electron chi connectivity index (χ2n) is 10.6. The summed E-state index contributed by atoms with van der Waals surface area (Å²) in [7, 11) is 4.74. The molecular weight excluding hydrogens is 699 g/mol. The lowest BCUT2D eigenvalue weighted by molar-refractivity contribution is 0.0943. The predicted octanol–water partition coefficient (Wildman–Crippen LogP) is 3.01. The Kier molecular flexibility index (Phi) is 13.6. The number of aromatic nitrogens is 5. The van der Waals surface area contributed by atoms with Crippen molar-refractivity contribution in [3.8, 4) is 0 Å². The smallest absolute Gasteiger partial charge is 0.275 e. The molecule has 0 bridgehead atoms. The van der Waals surface area contributed by atoms with Gasteiger partial charge in [0.2, 0.25) is 0 Å². The first-order valence-electron chi connectivity index (χ1n) is 14.7. The Hall–Kier alpha value is -5.06. The van der Waals surface area contributed by atoms with Gasteiger partial charge < -0.3 is 36.5 Å². The lowest BCUT2D eigenvalue weighted by atomic mass is 10.1. The van der Waals surface area contributed by atoms with Crippen molar-refractivity contribution in [3.63, 3.8) is 0 Å². The first-order chi connectivity index (χ1) is 22.9. The Morgan fingerprint density at radius 1 is 0.796 bits per heavy atom. The van der Waals surface area contributed by atoms with Crippen molar-refractivity contribution in [3.05, 3.63) is 71.3 Å². The van der Waals surface area contributed by atoms with Crippen molar-refractivity contribution in [1.82, 2.24) is 29.4 Å². The molecule has 0 unspecified atom stereocenters. The number of benzene rings is 1. The summed E-state index contributed by atoms with van der Waals surface area (Å²) in [6.45, 7) is 1.43. The number of carbonyl (C=O) groups is 4. The molecule has 3 heterocycles. The highest BCUT2D eigenvalue weighted by Gasteiger charge is 2.20. The number of alkyl halides is 2. The number of hydrogen-bond acceptors (Lipinski definition) is 8. The van der Waals surface area contributed by atoms with Crippen molar-refractivity contribution in [2.24, 2.45) is 26.9 Å². The topological polar surface area (TPSA) is 210 Å². The summed E-state index contributed by atoms with van der Waals surface area (Å²) in [5.74, 6) is -0.807. The van der Waals surface area contributed by atoms with Gasteiger partial charge in [0, 0.05) is 88.5 Å². The largest absolute Gasteiger partial charge is 0.388 e. The summed E-state index contributed by atoms with van der Waals surface area (Å²) in [4.78, 5) is 53.5. The zero-order valence-corrected chi connectivity index (χ0v) is 29.2. The lowest BCUT2D eigenvalue weighted by Gasteiger charge is -2.22. The Morgan fingerprint density at radius 2 is 1.33 bits per heavy atom. The van der Waals surface area contributed by atoms with Gasteiger partial charge >= 0.3 is 0 Å². The highest BCUT2D eigenvalue weighted by atomic mass is 35.5. The molecule has 0 saturated carbocycles. The molecule has 19 heteroatoms. The van der Waals surface area contributed by atoms with Crippen molar-refractivity contribution in [2.75, 3.05) is 52.2 Å². The molecule has 0 aliphatic carbocycles. The second-order valence-corrected chi connectivity index (χ2v) is 11.4. The van der Waals surface area contributed by atoms with Crippen molar-refractivity contribution in [2.45, 2.75) is 6.42 Å². The second kappa shape index (κ2) is 17.4. The predicted molar refractivity (Wildman–Crippen MR) is 192 cm³/mol. The number of halogens is 3. The molecule has 0 aliphatic rings. The van der Waals surface area contributed by atoms with Gasteiger partial charge in [-0.25, -0.2) is 0 Å². The SMILES string of the molecule is Cl.Cn1cc(NC(=O)c2ccc(N(CCCl)CCCl)cc2)cc1C(=O)Nc1cc(C(=O)Nc2cc(C(=O)NCCC(=N)N)n(C)n2)n(C)n1. The average Bonchev–Trinajstić information content (AvgIpc) is 3.71. The molecule has 1 aromatic carbocycles. The van der Waals surface area contributed by atoms with Gasteiger partial charge in [-0.2, -0.15) is 10.2 Å². The van der Waals surface area contributed by atoms with Gasteiger partial charge in [-0.1, -0.05) is 0 Å². The average molecular weight is 736 g/mol. The standard InChI is InChI=1S/C30H36Cl2N12O4.ClH/c1-41-17-19(36-27(45)18-4-6-20(7-5-18)44(12-9-31)13-10-32)14-21(41)29(47)37-26-16-23(43(3)40-26)30(48)38-25-15-22(42(2)39-25)28(46)35-11-8-24(33)34;/h4-7,14-17H,8-13H2,1-3H3,(H3,33,34)(H,35,46)(H,36,45)(H,37,40,47)(H,38,39,48);1H. The number of rotatable bonds is 15. The van der Waals surface area contributed by atoms with E-state index in [1.807, 2.05) is 17.0 Å². The van der Waals surface area contributed by atoms with E-state index < -0.39 is 17.7 Å². The maximum Gasteiger partial charge on any atom is 0.275 e. The van der Waals surface area contributed by atoms with Crippen LogP contribution in [0.3, 0.4) is 0 Å². The van der Waals surface area contributed by atoms with E-state index >= 15 is 0 Å². The van der Waals surface area contributed by atoms with Crippen LogP contribution in [-0.2, 0) is 21.1 Å².